The summed E-state index contributed by atoms with van der Waals surface area (Å²) in [6, 6.07) is 5.94. The number of aromatic amines is 1. The molecule has 4 nitrogen and oxygen atoms in total. The molecule has 0 bridgehead atoms. The predicted octanol–water partition coefficient (Wildman–Crippen LogP) is 1.16. The average molecular weight is 205 g/mol. The molecular formula is C11H15N3O. The van der Waals surface area contributed by atoms with Gasteiger partial charge in [-0.2, -0.15) is 0 Å². The van der Waals surface area contributed by atoms with Crippen LogP contribution < -0.4 is 11.4 Å². The molecule has 2 rings (SSSR count). The lowest BCUT2D eigenvalue weighted by atomic mass is 10.2. The van der Waals surface area contributed by atoms with Crippen LogP contribution in [-0.4, -0.2) is 16.1 Å². The second kappa shape index (κ2) is 3.55. The van der Waals surface area contributed by atoms with E-state index in [2.05, 4.69) is 4.98 Å². The third kappa shape index (κ3) is 1.57. The van der Waals surface area contributed by atoms with Gasteiger partial charge in [0, 0.05) is 12.6 Å². The van der Waals surface area contributed by atoms with E-state index in [4.69, 9.17) is 5.73 Å². The summed E-state index contributed by atoms with van der Waals surface area (Å²) in [4.78, 5) is 14.5. The molecular weight excluding hydrogens is 190 g/mol. The minimum absolute atomic E-state index is 0.0222. The number of aryl methyl sites for hydroxylation is 1. The molecule has 1 aromatic carbocycles. The molecule has 0 fully saturated rings. The standard InChI is InChI=1S/C11H15N3O/c1-7-3-4-10-9(5-7)13-11(15)14(10)8(2)6-12/h3-5,8H,6,12H2,1-2H3,(H,13,15). The zero-order valence-electron chi connectivity index (χ0n) is 8.95. The topological polar surface area (TPSA) is 63.8 Å². The Balaban J connectivity index is 2.74. The zero-order chi connectivity index (χ0) is 11.0. The van der Waals surface area contributed by atoms with Crippen LogP contribution in [0, 0.1) is 6.92 Å². The molecule has 2 aromatic rings. The first kappa shape index (κ1) is 9.98. The largest absolute Gasteiger partial charge is 0.328 e. The van der Waals surface area contributed by atoms with Gasteiger partial charge in [0.25, 0.3) is 0 Å². The Morgan fingerprint density at radius 3 is 2.93 bits per heavy atom. The molecule has 1 atom stereocenters. The molecule has 0 aliphatic rings. The average Bonchev–Trinajstić information content (AvgIpc) is 2.52. The van der Waals surface area contributed by atoms with Gasteiger partial charge in [-0.1, -0.05) is 6.07 Å². The van der Waals surface area contributed by atoms with Gasteiger partial charge in [0.05, 0.1) is 11.0 Å². The maximum absolute atomic E-state index is 11.7. The van der Waals surface area contributed by atoms with Crippen LogP contribution in [0.3, 0.4) is 0 Å². The van der Waals surface area contributed by atoms with Crippen molar-refractivity contribution >= 4 is 11.0 Å². The number of nitrogens with two attached hydrogens (primary N) is 1. The van der Waals surface area contributed by atoms with E-state index in [1.54, 1.807) is 4.57 Å². The molecule has 4 heteroatoms. The van der Waals surface area contributed by atoms with Crippen LogP contribution in [-0.2, 0) is 0 Å². The lowest BCUT2D eigenvalue weighted by Gasteiger charge is -2.10. The number of hydrogen-bond acceptors (Lipinski definition) is 2. The van der Waals surface area contributed by atoms with Crippen LogP contribution >= 0.6 is 0 Å². The van der Waals surface area contributed by atoms with Gasteiger partial charge in [-0.25, -0.2) is 4.79 Å². The van der Waals surface area contributed by atoms with E-state index in [9.17, 15) is 4.79 Å². The quantitative estimate of drug-likeness (QED) is 0.772. The summed E-state index contributed by atoms with van der Waals surface area (Å²) < 4.78 is 1.70. The molecule has 15 heavy (non-hydrogen) atoms. The highest BCUT2D eigenvalue weighted by Gasteiger charge is 2.11. The lowest BCUT2D eigenvalue weighted by molar-refractivity contribution is 0.557. The van der Waals surface area contributed by atoms with Crippen LogP contribution in [0.5, 0.6) is 0 Å². The highest BCUT2D eigenvalue weighted by molar-refractivity contribution is 5.76. The zero-order valence-corrected chi connectivity index (χ0v) is 8.95. The third-order valence-electron chi connectivity index (χ3n) is 2.65. The minimum Gasteiger partial charge on any atom is -0.328 e. The first-order valence-electron chi connectivity index (χ1n) is 5.04. The van der Waals surface area contributed by atoms with Gasteiger partial charge in [0.15, 0.2) is 0 Å². The molecule has 0 saturated heterocycles. The number of rotatable bonds is 2. The van der Waals surface area contributed by atoms with Crippen molar-refractivity contribution in [2.24, 2.45) is 5.73 Å². The molecule has 1 aromatic heterocycles. The van der Waals surface area contributed by atoms with Crippen LogP contribution in [0.15, 0.2) is 23.0 Å². The number of imidazole rings is 1. The van der Waals surface area contributed by atoms with Crippen molar-refractivity contribution in [1.82, 2.24) is 9.55 Å². The summed E-state index contributed by atoms with van der Waals surface area (Å²) in [7, 11) is 0. The van der Waals surface area contributed by atoms with Gasteiger partial charge in [-0.05, 0) is 31.5 Å². The molecule has 0 aliphatic carbocycles. The SMILES string of the molecule is Cc1ccc2c(c1)[nH]c(=O)n2C(C)CN. The molecule has 0 aliphatic heterocycles. The van der Waals surface area contributed by atoms with Crippen LogP contribution in [0.2, 0.25) is 0 Å². The predicted molar refractivity (Wildman–Crippen MR) is 61.1 cm³/mol. The Morgan fingerprint density at radius 2 is 2.27 bits per heavy atom. The van der Waals surface area contributed by atoms with Gasteiger partial charge >= 0.3 is 5.69 Å². The number of fused-ring (bicyclic) bond motifs is 1. The van der Waals surface area contributed by atoms with Gasteiger partial charge in [-0.3, -0.25) is 4.57 Å². The summed E-state index contributed by atoms with van der Waals surface area (Å²) in [6.07, 6.45) is 0. The van der Waals surface area contributed by atoms with Gasteiger partial charge in [0.1, 0.15) is 0 Å². The van der Waals surface area contributed by atoms with Crippen LogP contribution in [0.25, 0.3) is 11.0 Å². The highest BCUT2D eigenvalue weighted by Crippen LogP contribution is 2.15. The second-order valence-electron chi connectivity index (χ2n) is 3.91. The molecule has 1 unspecified atom stereocenters. The summed E-state index contributed by atoms with van der Waals surface area (Å²) in [5.41, 5.74) is 8.42. The van der Waals surface area contributed by atoms with Crippen molar-refractivity contribution < 1.29 is 0 Å². The van der Waals surface area contributed by atoms with E-state index in [-0.39, 0.29) is 11.7 Å². The Kier molecular flexibility index (Phi) is 2.36. The van der Waals surface area contributed by atoms with E-state index in [1.807, 2.05) is 32.0 Å². The summed E-state index contributed by atoms with van der Waals surface area (Å²) in [5.74, 6) is 0. The van der Waals surface area contributed by atoms with Crippen molar-refractivity contribution in [1.29, 1.82) is 0 Å². The van der Waals surface area contributed by atoms with Crippen LogP contribution in [0.1, 0.15) is 18.5 Å². The molecule has 0 spiro atoms. The fraction of sp³-hybridized carbons (Fsp3) is 0.364. The number of nitrogens with one attached hydrogen (secondary N) is 1. The van der Waals surface area contributed by atoms with Crippen molar-refractivity contribution in [3.8, 4) is 0 Å². The smallest absolute Gasteiger partial charge is 0.326 e. The van der Waals surface area contributed by atoms with Gasteiger partial charge in [0.2, 0.25) is 0 Å². The van der Waals surface area contributed by atoms with Crippen molar-refractivity contribution in [2.75, 3.05) is 6.54 Å². The normalized spacial score (nSPS) is 13.3. The molecule has 1 heterocycles. The molecule has 80 valence electrons. The Bertz CT molecular complexity index is 538. The van der Waals surface area contributed by atoms with E-state index < -0.39 is 0 Å². The van der Waals surface area contributed by atoms with Crippen molar-refractivity contribution in [3.05, 3.63) is 34.2 Å². The first-order valence-corrected chi connectivity index (χ1v) is 5.04. The van der Waals surface area contributed by atoms with E-state index in [1.165, 1.54) is 0 Å². The summed E-state index contributed by atoms with van der Waals surface area (Å²) >= 11 is 0. The first-order chi connectivity index (χ1) is 7.13. The summed E-state index contributed by atoms with van der Waals surface area (Å²) in [5, 5.41) is 0. The van der Waals surface area contributed by atoms with Gasteiger partial charge < -0.3 is 10.7 Å². The molecule has 3 N–H and O–H groups in total. The Labute approximate surface area is 87.7 Å². The number of benzene rings is 1. The van der Waals surface area contributed by atoms with Crippen LogP contribution in [0.4, 0.5) is 0 Å². The highest BCUT2D eigenvalue weighted by atomic mass is 16.1. The summed E-state index contributed by atoms with van der Waals surface area (Å²) in [6.45, 7) is 4.40. The Hall–Kier alpha value is -1.55. The van der Waals surface area contributed by atoms with E-state index >= 15 is 0 Å². The Morgan fingerprint density at radius 1 is 1.53 bits per heavy atom. The van der Waals surface area contributed by atoms with E-state index in [0.29, 0.717) is 6.54 Å². The monoisotopic (exact) mass is 205 g/mol. The second-order valence-corrected chi connectivity index (χ2v) is 3.91. The van der Waals surface area contributed by atoms with Crippen molar-refractivity contribution in [3.63, 3.8) is 0 Å². The number of hydrogen-bond donors (Lipinski definition) is 2. The van der Waals surface area contributed by atoms with Crippen molar-refractivity contribution in [2.45, 2.75) is 19.9 Å². The van der Waals surface area contributed by atoms with Gasteiger partial charge in [-0.15, -0.1) is 0 Å². The minimum atomic E-state index is -0.0893. The number of H-pyrrole nitrogens is 1. The fourth-order valence-electron chi connectivity index (χ4n) is 1.79. The number of aromatic nitrogens is 2. The maximum atomic E-state index is 11.7. The molecule has 0 radical (unpaired) electrons. The van der Waals surface area contributed by atoms with E-state index in [0.717, 1.165) is 16.6 Å². The fourth-order valence-corrected chi connectivity index (χ4v) is 1.79. The lowest BCUT2D eigenvalue weighted by Crippen LogP contribution is -2.25. The maximum Gasteiger partial charge on any atom is 0.326 e. The molecule has 0 amide bonds. The molecule has 0 saturated carbocycles. The third-order valence-corrected chi connectivity index (χ3v) is 2.65. The number of nitrogens with zero attached hydrogens (tertiary/aromatic N) is 1.